The molecule has 3 rings (SSSR count). The zero-order chi connectivity index (χ0) is 15.0. The number of aryl methyl sites for hydroxylation is 1. The Kier molecular flexibility index (Phi) is 3.68. The number of sulfonamides is 1. The van der Waals surface area contributed by atoms with E-state index in [4.69, 9.17) is 0 Å². The molecule has 0 atom stereocenters. The molecular formula is C13H10BrN3O2S2. The second kappa shape index (κ2) is 5.36. The maximum Gasteiger partial charge on any atom is 0.264 e. The van der Waals surface area contributed by atoms with Crippen LogP contribution in [0.15, 0.2) is 54.5 Å². The van der Waals surface area contributed by atoms with E-state index < -0.39 is 10.0 Å². The van der Waals surface area contributed by atoms with Crippen molar-refractivity contribution in [1.29, 1.82) is 0 Å². The Bertz CT molecular complexity index is 904. The third-order valence-corrected chi connectivity index (χ3v) is 5.54. The van der Waals surface area contributed by atoms with Crippen LogP contribution in [-0.2, 0) is 21.4 Å². The number of anilines is 1. The van der Waals surface area contributed by atoms with Crippen LogP contribution in [0.5, 0.6) is 0 Å². The molecule has 0 spiro atoms. The number of rotatable bonds is 3. The largest absolute Gasteiger partial charge is 0.278 e. The molecule has 0 saturated carbocycles. The van der Waals surface area contributed by atoms with E-state index in [1.165, 1.54) is 6.07 Å². The van der Waals surface area contributed by atoms with E-state index in [1.807, 2.05) is 13.0 Å². The number of nitrogens with zero attached hydrogens (tertiary/aromatic N) is 2. The van der Waals surface area contributed by atoms with E-state index in [9.17, 15) is 8.42 Å². The molecule has 0 aliphatic carbocycles. The molecule has 0 unspecified atom stereocenters. The predicted octanol–water partition coefficient (Wildman–Crippen LogP) is 4.28. The molecule has 1 heterocycles. The second-order valence-corrected chi connectivity index (χ2v) is 7.51. The quantitative estimate of drug-likeness (QED) is 0.732. The number of fused-ring (bicyclic) bond motifs is 1. The standard InChI is InChI=1S/C13H10BrN3O2S2/c1-8-5-6-9(14)11(7-8)17-21(18,19)12-4-2-3-10-13(12)16-20-15-10/h2-7,17H,1H3. The molecule has 0 aromatic heterocycles. The van der Waals surface area contributed by atoms with Crippen LogP contribution < -0.4 is 4.72 Å². The molecule has 108 valence electrons. The van der Waals surface area contributed by atoms with Crippen molar-refractivity contribution in [3.63, 3.8) is 0 Å². The van der Waals surface area contributed by atoms with Gasteiger partial charge in [-0.1, -0.05) is 12.1 Å². The molecule has 1 N–H and O–H groups in total. The summed E-state index contributed by atoms with van der Waals surface area (Å²) < 4.78 is 36.6. The van der Waals surface area contributed by atoms with E-state index in [0.717, 1.165) is 16.9 Å². The lowest BCUT2D eigenvalue weighted by atomic mass is 10.2. The highest BCUT2D eigenvalue weighted by molar-refractivity contribution is 9.10. The monoisotopic (exact) mass is 383 g/mol. The van der Waals surface area contributed by atoms with Crippen LogP contribution in [0, 0.1) is 6.92 Å². The molecule has 0 bridgehead atoms. The minimum Gasteiger partial charge on any atom is -0.278 e. The number of hydrogen-bond donors (Lipinski definition) is 1. The van der Waals surface area contributed by atoms with Gasteiger partial charge in [0.15, 0.2) is 0 Å². The summed E-state index contributed by atoms with van der Waals surface area (Å²) in [6.45, 7) is 1.90. The Morgan fingerprint density at radius 1 is 1.19 bits per heavy atom. The molecule has 0 radical (unpaired) electrons. The summed E-state index contributed by atoms with van der Waals surface area (Å²) in [7, 11) is -3.72. The van der Waals surface area contributed by atoms with Gasteiger partial charge in [0, 0.05) is 4.47 Å². The van der Waals surface area contributed by atoms with Crippen LogP contribution in [-0.4, -0.2) is 8.42 Å². The van der Waals surface area contributed by atoms with Crippen molar-refractivity contribution in [2.45, 2.75) is 11.8 Å². The number of nitrogens with one attached hydrogen (secondary N) is 1. The van der Waals surface area contributed by atoms with Crippen LogP contribution in [0.1, 0.15) is 5.56 Å². The maximum atomic E-state index is 12.6. The van der Waals surface area contributed by atoms with Gasteiger partial charge in [0.1, 0.15) is 16.3 Å². The normalized spacial score (nSPS) is 12.9. The fourth-order valence-corrected chi connectivity index (χ4v) is 4.23. The van der Waals surface area contributed by atoms with E-state index in [0.29, 0.717) is 21.5 Å². The Morgan fingerprint density at radius 2 is 2.00 bits per heavy atom. The molecule has 1 aliphatic rings. The first kappa shape index (κ1) is 14.4. The zero-order valence-electron chi connectivity index (χ0n) is 10.9. The Morgan fingerprint density at radius 3 is 2.81 bits per heavy atom. The van der Waals surface area contributed by atoms with Gasteiger partial charge in [0.25, 0.3) is 10.0 Å². The summed E-state index contributed by atoms with van der Waals surface area (Å²) in [6.07, 6.45) is 0. The lowest BCUT2D eigenvalue weighted by Crippen LogP contribution is -2.13. The van der Waals surface area contributed by atoms with Gasteiger partial charge >= 0.3 is 0 Å². The molecule has 5 nitrogen and oxygen atoms in total. The number of hydrogen-bond acceptors (Lipinski definition) is 4. The number of halogens is 1. The van der Waals surface area contributed by atoms with E-state index >= 15 is 0 Å². The first-order valence-corrected chi connectivity index (χ1v) is 8.98. The Labute approximate surface area is 134 Å². The van der Waals surface area contributed by atoms with Crippen molar-refractivity contribution < 1.29 is 8.42 Å². The summed E-state index contributed by atoms with van der Waals surface area (Å²) in [4.78, 5) is 0.127. The minimum atomic E-state index is -3.72. The smallest absolute Gasteiger partial charge is 0.264 e. The van der Waals surface area contributed by atoms with Crippen LogP contribution in [0.25, 0.3) is 0 Å². The van der Waals surface area contributed by atoms with Gasteiger partial charge in [-0.25, -0.2) is 8.42 Å². The molecule has 0 fully saturated rings. The van der Waals surface area contributed by atoms with Crippen LogP contribution in [0.3, 0.4) is 0 Å². The fourth-order valence-electron chi connectivity index (χ4n) is 1.92. The predicted molar refractivity (Wildman–Crippen MR) is 87.7 cm³/mol. The van der Waals surface area contributed by atoms with Crippen LogP contribution in [0.4, 0.5) is 17.1 Å². The lowest BCUT2D eigenvalue weighted by Gasteiger charge is -2.11. The summed E-state index contributed by atoms with van der Waals surface area (Å²) in [5.41, 5.74) is 2.42. The van der Waals surface area contributed by atoms with Crippen molar-refractivity contribution in [2.75, 3.05) is 4.72 Å². The van der Waals surface area contributed by atoms with Gasteiger partial charge in [-0.3, -0.25) is 4.72 Å². The van der Waals surface area contributed by atoms with Gasteiger partial charge in [0.2, 0.25) is 0 Å². The average Bonchev–Trinajstić information content (AvgIpc) is 2.90. The van der Waals surface area contributed by atoms with Gasteiger partial charge in [-0.2, -0.15) is 8.73 Å². The molecule has 2 aromatic carbocycles. The lowest BCUT2D eigenvalue weighted by molar-refractivity contribution is 0.601. The molecule has 0 amide bonds. The average molecular weight is 384 g/mol. The van der Waals surface area contributed by atoms with Crippen molar-refractivity contribution in [3.05, 3.63) is 46.4 Å². The third kappa shape index (κ3) is 2.78. The first-order chi connectivity index (χ1) is 9.97. The van der Waals surface area contributed by atoms with Crippen molar-refractivity contribution in [2.24, 2.45) is 8.73 Å². The molecule has 2 aromatic rings. The summed E-state index contributed by atoms with van der Waals surface area (Å²) in [6, 6.07) is 10.4. The summed E-state index contributed by atoms with van der Waals surface area (Å²) in [5, 5.41) is 0. The van der Waals surface area contributed by atoms with E-state index in [2.05, 4.69) is 29.4 Å². The zero-order valence-corrected chi connectivity index (χ0v) is 14.1. The van der Waals surface area contributed by atoms with Gasteiger partial charge in [0.05, 0.1) is 17.0 Å². The highest BCUT2D eigenvalue weighted by Crippen LogP contribution is 2.38. The minimum absolute atomic E-state index is 0.127. The third-order valence-electron chi connectivity index (χ3n) is 2.90. The SMILES string of the molecule is Cc1ccc(Br)c(NS(=O)(=O)c2cccc3c2N=S=N3)c1. The van der Waals surface area contributed by atoms with E-state index in [-0.39, 0.29) is 4.90 Å². The molecule has 1 aliphatic heterocycles. The Hall–Kier alpha value is -1.51. The topological polar surface area (TPSA) is 70.9 Å². The number of benzene rings is 2. The van der Waals surface area contributed by atoms with Gasteiger partial charge in [-0.15, -0.1) is 0 Å². The molecule has 0 saturated heterocycles. The molecule has 8 heteroatoms. The van der Waals surface area contributed by atoms with Gasteiger partial charge in [-0.05, 0) is 52.7 Å². The highest BCUT2D eigenvalue weighted by Gasteiger charge is 2.23. The van der Waals surface area contributed by atoms with Gasteiger partial charge < -0.3 is 0 Å². The highest BCUT2D eigenvalue weighted by atomic mass is 79.9. The molecule has 21 heavy (non-hydrogen) atoms. The van der Waals surface area contributed by atoms with Crippen LogP contribution in [0.2, 0.25) is 0 Å². The van der Waals surface area contributed by atoms with Crippen molar-refractivity contribution in [3.8, 4) is 0 Å². The molecular weight excluding hydrogens is 374 g/mol. The summed E-state index contributed by atoms with van der Waals surface area (Å²) >= 11 is 4.34. The first-order valence-electron chi connectivity index (χ1n) is 5.97. The van der Waals surface area contributed by atoms with Crippen LogP contribution >= 0.6 is 15.9 Å². The van der Waals surface area contributed by atoms with Crippen molar-refractivity contribution >= 4 is 54.4 Å². The fraction of sp³-hybridized carbons (Fsp3) is 0.0769. The van der Waals surface area contributed by atoms with E-state index in [1.54, 1.807) is 24.3 Å². The Balaban J connectivity index is 2.05. The second-order valence-electron chi connectivity index (χ2n) is 4.48. The summed E-state index contributed by atoms with van der Waals surface area (Å²) in [5.74, 6) is 0. The van der Waals surface area contributed by atoms with Crippen molar-refractivity contribution in [1.82, 2.24) is 0 Å². The maximum absolute atomic E-state index is 12.6.